The second-order valence-electron chi connectivity index (χ2n) is 8.87. The molecule has 2 aromatic carbocycles. The van der Waals surface area contributed by atoms with Crippen molar-refractivity contribution in [3.63, 3.8) is 0 Å². The van der Waals surface area contributed by atoms with E-state index in [4.69, 9.17) is 4.74 Å². The van der Waals surface area contributed by atoms with Crippen molar-refractivity contribution in [1.82, 2.24) is 20.0 Å². The summed E-state index contributed by atoms with van der Waals surface area (Å²) in [5, 5.41) is 2.94. The lowest BCUT2D eigenvalue weighted by Gasteiger charge is -2.39. The lowest BCUT2D eigenvalue weighted by atomic mass is 9.94. The molecule has 0 radical (unpaired) electrons. The summed E-state index contributed by atoms with van der Waals surface area (Å²) in [5.41, 5.74) is 3.69. The van der Waals surface area contributed by atoms with Crippen LogP contribution < -0.4 is 5.32 Å². The molecule has 8 heteroatoms. The van der Waals surface area contributed by atoms with E-state index < -0.39 is 12.0 Å². The highest BCUT2D eigenvalue weighted by atomic mass is 16.5. The number of hydrogen-bond donors (Lipinski definition) is 1. The van der Waals surface area contributed by atoms with Gasteiger partial charge in [-0.1, -0.05) is 48.0 Å². The number of hydrogen-bond acceptors (Lipinski definition) is 5. The molecule has 4 rings (SSSR count). The Bertz CT molecular complexity index is 1110. The van der Waals surface area contributed by atoms with Gasteiger partial charge in [0.1, 0.15) is 0 Å². The van der Waals surface area contributed by atoms with E-state index in [2.05, 4.69) is 10.2 Å². The molecule has 2 aromatic rings. The summed E-state index contributed by atoms with van der Waals surface area (Å²) in [6, 6.07) is 16.2. The maximum absolute atomic E-state index is 13.1. The first-order chi connectivity index (χ1) is 16.9. The predicted octanol–water partition coefficient (Wildman–Crippen LogP) is 2.97. The minimum absolute atomic E-state index is 0.0226. The third-order valence-corrected chi connectivity index (χ3v) is 6.54. The number of carbonyl (C=O) groups is 3. The molecular formula is C27H32N4O4. The van der Waals surface area contributed by atoms with E-state index in [1.54, 1.807) is 14.0 Å². The minimum Gasteiger partial charge on any atom is -0.463 e. The average molecular weight is 477 g/mol. The molecule has 0 saturated carbocycles. The lowest BCUT2D eigenvalue weighted by molar-refractivity contribution is -0.139. The summed E-state index contributed by atoms with van der Waals surface area (Å²) in [6.07, 6.45) is 0. The number of likely N-dealkylation sites (N-methyl/N-ethyl adjacent to an activating group) is 1. The van der Waals surface area contributed by atoms with Gasteiger partial charge in [-0.05, 0) is 31.5 Å². The number of rotatable bonds is 6. The topological polar surface area (TPSA) is 82.2 Å². The van der Waals surface area contributed by atoms with Crippen molar-refractivity contribution in [2.45, 2.75) is 19.9 Å². The summed E-state index contributed by atoms with van der Waals surface area (Å²) in [5.74, 6) is -0.411. The van der Waals surface area contributed by atoms with Crippen LogP contribution in [0.5, 0.6) is 0 Å². The smallest absolute Gasteiger partial charge is 0.338 e. The molecule has 184 valence electrons. The van der Waals surface area contributed by atoms with Gasteiger partial charge in [0.2, 0.25) is 0 Å². The van der Waals surface area contributed by atoms with E-state index >= 15 is 0 Å². The first kappa shape index (κ1) is 24.5. The van der Waals surface area contributed by atoms with Crippen LogP contribution in [0.4, 0.5) is 4.79 Å². The van der Waals surface area contributed by atoms with Crippen molar-refractivity contribution in [3.8, 4) is 0 Å². The third-order valence-electron chi connectivity index (χ3n) is 6.54. The van der Waals surface area contributed by atoms with Crippen LogP contribution in [0.25, 0.3) is 0 Å². The van der Waals surface area contributed by atoms with Gasteiger partial charge >= 0.3 is 12.0 Å². The van der Waals surface area contributed by atoms with Gasteiger partial charge in [-0.2, -0.15) is 0 Å². The van der Waals surface area contributed by atoms with Crippen molar-refractivity contribution >= 4 is 17.9 Å². The quantitative estimate of drug-likeness (QED) is 0.649. The molecule has 0 aliphatic carbocycles. The Morgan fingerprint density at radius 1 is 1.00 bits per heavy atom. The molecule has 2 aliphatic heterocycles. The number of nitrogens with zero attached hydrogens (tertiary/aromatic N) is 3. The summed E-state index contributed by atoms with van der Waals surface area (Å²) in [7, 11) is 1.67. The Morgan fingerprint density at radius 3 is 2.29 bits per heavy atom. The second-order valence-corrected chi connectivity index (χ2v) is 8.87. The molecule has 0 bridgehead atoms. The maximum Gasteiger partial charge on any atom is 0.338 e. The molecule has 1 unspecified atom stereocenters. The zero-order chi connectivity index (χ0) is 24.9. The van der Waals surface area contributed by atoms with Crippen LogP contribution >= 0.6 is 0 Å². The molecule has 1 N–H and O–H groups in total. The number of urea groups is 1. The third kappa shape index (κ3) is 5.38. The van der Waals surface area contributed by atoms with Crippen LogP contribution in [-0.2, 0) is 9.53 Å². The van der Waals surface area contributed by atoms with Crippen LogP contribution in [0.2, 0.25) is 0 Å². The first-order valence-corrected chi connectivity index (χ1v) is 12.0. The van der Waals surface area contributed by atoms with Crippen molar-refractivity contribution in [3.05, 3.63) is 82.6 Å². The Balaban J connectivity index is 1.54. The Kier molecular flexibility index (Phi) is 7.51. The molecule has 35 heavy (non-hydrogen) atoms. The molecule has 1 fully saturated rings. The minimum atomic E-state index is -0.585. The van der Waals surface area contributed by atoms with Gasteiger partial charge in [0.15, 0.2) is 0 Å². The number of piperazine rings is 1. The van der Waals surface area contributed by atoms with Crippen molar-refractivity contribution in [1.29, 1.82) is 0 Å². The molecule has 0 spiro atoms. The van der Waals surface area contributed by atoms with Crippen LogP contribution in [0.1, 0.15) is 34.5 Å². The Hall–Kier alpha value is -3.65. The summed E-state index contributed by atoms with van der Waals surface area (Å²) in [6.45, 7) is 6.86. The normalized spacial score (nSPS) is 18.9. The van der Waals surface area contributed by atoms with Gasteiger partial charge < -0.3 is 15.0 Å². The van der Waals surface area contributed by atoms with Crippen LogP contribution in [-0.4, -0.2) is 79.0 Å². The first-order valence-electron chi connectivity index (χ1n) is 12.0. The SMILES string of the molecule is CCOC(=O)C1=C(CN2CCN(C(=O)c3ccc(C)cc3)CC2)N(C)C(=O)NC1c1ccccc1. The van der Waals surface area contributed by atoms with Crippen LogP contribution in [0, 0.1) is 6.92 Å². The number of nitrogens with one attached hydrogen (secondary N) is 1. The standard InChI is InChI=1S/C27H32N4O4/c1-4-35-26(33)23-22(29(3)27(34)28-24(23)20-8-6-5-7-9-20)18-30-14-16-31(17-15-30)25(32)21-12-10-19(2)11-13-21/h5-13,24H,4,14-18H2,1-3H3,(H,28,34). The Labute approximate surface area is 206 Å². The monoisotopic (exact) mass is 476 g/mol. The predicted molar refractivity (Wildman–Crippen MR) is 133 cm³/mol. The fourth-order valence-corrected chi connectivity index (χ4v) is 4.49. The highest BCUT2D eigenvalue weighted by Crippen LogP contribution is 2.31. The van der Waals surface area contributed by atoms with E-state index in [0.717, 1.165) is 11.1 Å². The fourth-order valence-electron chi connectivity index (χ4n) is 4.49. The van der Waals surface area contributed by atoms with Gasteiger partial charge in [-0.3, -0.25) is 14.6 Å². The fraction of sp³-hybridized carbons (Fsp3) is 0.370. The van der Waals surface area contributed by atoms with E-state index in [1.807, 2.05) is 66.4 Å². The van der Waals surface area contributed by atoms with Crippen LogP contribution in [0.15, 0.2) is 65.9 Å². The summed E-state index contributed by atoms with van der Waals surface area (Å²) in [4.78, 5) is 44.3. The number of aryl methyl sites for hydroxylation is 1. The number of amides is 3. The van der Waals surface area contributed by atoms with Crippen molar-refractivity contribution < 1.29 is 19.1 Å². The average Bonchev–Trinajstić information content (AvgIpc) is 2.87. The second kappa shape index (κ2) is 10.7. The van der Waals surface area contributed by atoms with Gasteiger partial charge in [-0.15, -0.1) is 0 Å². The van der Waals surface area contributed by atoms with E-state index in [1.165, 1.54) is 4.90 Å². The molecule has 0 aromatic heterocycles. The van der Waals surface area contributed by atoms with Gasteiger partial charge in [-0.25, -0.2) is 9.59 Å². The molecule has 3 amide bonds. The lowest BCUT2D eigenvalue weighted by Crippen LogP contribution is -2.53. The van der Waals surface area contributed by atoms with E-state index in [-0.39, 0.29) is 18.5 Å². The van der Waals surface area contributed by atoms with Gasteiger partial charge in [0.05, 0.1) is 18.2 Å². The summed E-state index contributed by atoms with van der Waals surface area (Å²) >= 11 is 0. The number of benzene rings is 2. The zero-order valence-corrected chi connectivity index (χ0v) is 20.5. The number of ether oxygens (including phenoxy) is 1. The molecule has 2 aliphatic rings. The van der Waals surface area contributed by atoms with Gasteiger partial charge in [0.25, 0.3) is 5.91 Å². The molecule has 8 nitrogen and oxygen atoms in total. The largest absolute Gasteiger partial charge is 0.463 e. The number of esters is 1. The highest BCUT2D eigenvalue weighted by molar-refractivity contribution is 5.95. The van der Waals surface area contributed by atoms with E-state index in [0.29, 0.717) is 49.6 Å². The zero-order valence-electron chi connectivity index (χ0n) is 20.5. The molecular weight excluding hydrogens is 444 g/mol. The molecule has 1 saturated heterocycles. The number of carbonyl (C=O) groups excluding carboxylic acids is 3. The van der Waals surface area contributed by atoms with Crippen molar-refractivity contribution in [2.24, 2.45) is 0 Å². The van der Waals surface area contributed by atoms with E-state index in [9.17, 15) is 14.4 Å². The molecule has 1 atom stereocenters. The Morgan fingerprint density at radius 2 is 1.66 bits per heavy atom. The van der Waals surface area contributed by atoms with Gasteiger partial charge in [0, 0.05) is 51.0 Å². The highest BCUT2D eigenvalue weighted by Gasteiger charge is 2.37. The molecule has 2 heterocycles. The summed E-state index contributed by atoms with van der Waals surface area (Å²) < 4.78 is 5.40. The van der Waals surface area contributed by atoms with Crippen LogP contribution in [0.3, 0.4) is 0 Å². The van der Waals surface area contributed by atoms with Crippen molar-refractivity contribution in [2.75, 3.05) is 46.4 Å². The maximum atomic E-state index is 13.1.